The second-order valence-electron chi connectivity index (χ2n) is 6.63. The van der Waals surface area contributed by atoms with Gasteiger partial charge in [-0.25, -0.2) is 0 Å². The Morgan fingerprint density at radius 2 is 1.38 bits per heavy atom. The quantitative estimate of drug-likeness (QED) is 0.339. The van der Waals surface area contributed by atoms with Crippen LogP contribution in [0.2, 0.25) is 0 Å². The van der Waals surface area contributed by atoms with E-state index in [1.165, 1.54) is 47.9 Å². The summed E-state index contributed by atoms with van der Waals surface area (Å²) in [6.07, 6.45) is 6.19. The normalized spacial score (nSPS) is 10.2. The van der Waals surface area contributed by atoms with Crippen LogP contribution in [-0.4, -0.2) is 0 Å². The molecule has 0 spiro atoms. The standard InChI is InChI=1S/C26H26/c1-2-3-4-9-15-24-18-12-19-25(23-16-10-6-11-17-23)26(24)21-20-22-13-7-5-8-14-22/h5-8,10-14,16-19H,2-4,9,15H2,1H3. The minimum absolute atomic E-state index is 1.06. The highest BCUT2D eigenvalue weighted by atomic mass is 14.1. The zero-order valence-corrected chi connectivity index (χ0v) is 15.5. The van der Waals surface area contributed by atoms with Crippen LogP contribution in [0.5, 0.6) is 0 Å². The van der Waals surface area contributed by atoms with Crippen LogP contribution in [-0.2, 0) is 6.42 Å². The summed E-state index contributed by atoms with van der Waals surface area (Å²) in [4.78, 5) is 0. The number of benzene rings is 3. The maximum atomic E-state index is 3.49. The van der Waals surface area contributed by atoms with Crippen LogP contribution in [0.25, 0.3) is 11.1 Å². The van der Waals surface area contributed by atoms with Gasteiger partial charge in [0, 0.05) is 11.1 Å². The summed E-state index contributed by atoms with van der Waals surface area (Å²) in [6.45, 7) is 2.26. The van der Waals surface area contributed by atoms with Crippen LogP contribution < -0.4 is 0 Å². The summed E-state index contributed by atoms with van der Waals surface area (Å²) >= 11 is 0. The molecule has 0 atom stereocenters. The molecule has 0 saturated heterocycles. The van der Waals surface area contributed by atoms with Crippen LogP contribution in [0, 0.1) is 11.8 Å². The first-order valence-corrected chi connectivity index (χ1v) is 9.63. The van der Waals surface area contributed by atoms with Gasteiger partial charge in [-0.1, -0.05) is 105 Å². The molecule has 0 unspecified atom stereocenters. The predicted molar refractivity (Wildman–Crippen MR) is 112 cm³/mol. The zero-order valence-electron chi connectivity index (χ0n) is 15.5. The van der Waals surface area contributed by atoms with Gasteiger partial charge < -0.3 is 0 Å². The van der Waals surface area contributed by atoms with E-state index >= 15 is 0 Å². The number of rotatable bonds is 6. The molecule has 0 radical (unpaired) electrons. The van der Waals surface area contributed by atoms with Crippen molar-refractivity contribution in [1.82, 2.24) is 0 Å². The van der Waals surface area contributed by atoms with E-state index < -0.39 is 0 Å². The Bertz CT molecular complexity index is 864. The van der Waals surface area contributed by atoms with Gasteiger partial charge in [-0.05, 0) is 41.7 Å². The summed E-state index contributed by atoms with van der Waals surface area (Å²) in [7, 11) is 0. The van der Waals surface area contributed by atoms with Crippen molar-refractivity contribution in [1.29, 1.82) is 0 Å². The van der Waals surface area contributed by atoms with Crippen LogP contribution in [0.1, 0.15) is 49.3 Å². The number of hydrogen-bond acceptors (Lipinski definition) is 0. The van der Waals surface area contributed by atoms with Gasteiger partial charge in [0.25, 0.3) is 0 Å². The highest BCUT2D eigenvalue weighted by Gasteiger charge is 2.08. The lowest BCUT2D eigenvalue weighted by Crippen LogP contribution is -1.95. The molecule has 3 aromatic carbocycles. The summed E-state index contributed by atoms with van der Waals surface area (Å²) in [5.41, 5.74) is 6.08. The molecule has 0 aromatic heterocycles. The molecule has 0 bridgehead atoms. The minimum Gasteiger partial charge on any atom is -0.0654 e. The highest BCUT2D eigenvalue weighted by Crippen LogP contribution is 2.27. The lowest BCUT2D eigenvalue weighted by atomic mass is 9.92. The van der Waals surface area contributed by atoms with Crippen molar-refractivity contribution in [3.8, 4) is 23.0 Å². The van der Waals surface area contributed by atoms with Gasteiger partial charge in [0.05, 0.1) is 0 Å². The smallest absolute Gasteiger partial charge is 0.0359 e. The molecule has 0 heterocycles. The molecular formula is C26H26. The number of unbranched alkanes of at least 4 members (excludes halogenated alkanes) is 3. The van der Waals surface area contributed by atoms with E-state index in [2.05, 4.69) is 79.4 Å². The van der Waals surface area contributed by atoms with Crippen molar-refractivity contribution in [2.45, 2.75) is 39.0 Å². The Kier molecular flexibility index (Phi) is 6.68. The molecule has 0 saturated carbocycles. The summed E-state index contributed by atoms with van der Waals surface area (Å²) in [6, 6.07) is 27.5. The average molecular weight is 338 g/mol. The van der Waals surface area contributed by atoms with Crippen LogP contribution in [0.4, 0.5) is 0 Å². The van der Waals surface area contributed by atoms with Crippen molar-refractivity contribution in [2.75, 3.05) is 0 Å². The average Bonchev–Trinajstić information content (AvgIpc) is 2.71. The third-order valence-electron chi connectivity index (χ3n) is 4.64. The van der Waals surface area contributed by atoms with E-state index in [4.69, 9.17) is 0 Å². The second kappa shape index (κ2) is 9.64. The fraction of sp³-hybridized carbons (Fsp3) is 0.231. The number of aryl methyl sites for hydroxylation is 1. The van der Waals surface area contributed by atoms with Gasteiger partial charge in [-0.3, -0.25) is 0 Å². The number of hydrogen-bond donors (Lipinski definition) is 0. The Hall–Kier alpha value is -2.78. The zero-order chi connectivity index (χ0) is 18.0. The van der Waals surface area contributed by atoms with E-state index in [9.17, 15) is 0 Å². The first kappa shape index (κ1) is 18.0. The molecule has 0 aliphatic rings. The van der Waals surface area contributed by atoms with E-state index in [1.807, 2.05) is 18.2 Å². The van der Waals surface area contributed by atoms with Crippen molar-refractivity contribution >= 4 is 0 Å². The van der Waals surface area contributed by atoms with Gasteiger partial charge in [-0.15, -0.1) is 0 Å². The lowest BCUT2D eigenvalue weighted by molar-refractivity contribution is 0.666. The fourth-order valence-corrected chi connectivity index (χ4v) is 3.21. The van der Waals surface area contributed by atoms with Gasteiger partial charge in [0.1, 0.15) is 0 Å². The first-order valence-electron chi connectivity index (χ1n) is 9.63. The second-order valence-corrected chi connectivity index (χ2v) is 6.63. The van der Waals surface area contributed by atoms with Crippen molar-refractivity contribution < 1.29 is 0 Å². The maximum Gasteiger partial charge on any atom is 0.0359 e. The third-order valence-corrected chi connectivity index (χ3v) is 4.64. The summed E-state index contributed by atoms with van der Waals surface area (Å²) in [5.74, 6) is 6.85. The molecule has 0 amide bonds. The molecule has 3 aromatic rings. The van der Waals surface area contributed by atoms with Gasteiger partial charge in [-0.2, -0.15) is 0 Å². The highest BCUT2D eigenvalue weighted by molar-refractivity contribution is 5.73. The minimum atomic E-state index is 1.06. The Morgan fingerprint density at radius 1 is 0.654 bits per heavy atom. The molecule has 3 rings (SSSR count). The van der Waals surface area contributed by atoms with Crippen molar-refractivity contribution in [3.05, 3.63) is 95.6 Å². The first-order chi connectivity index (χ1) is 12.9. The predicted octanol–water partition coefficient (Wildman–Crippen LogP) is 6.88. The fourth-order valence-electron chi connectivity index (χ4n) is 3.21. The van der Waals surface area contributed by atoms with Crippen molar-refractivity contribution in [2.24, 2.45) is 0 Å². The molecule has 0 fully saturated rings. The van der Waals surface area contributed by atoms with Crippen LogP contribution in [0.15, 0.2) is 78.9 Å². The third kappa shape index (κ3) is 4.87. The Labute approximate surface area is 157 Å². The van der Waals surface area contributed by atoms with E-state index in [0.29, 0.717) is 0 Å². The van der Waals surface area contributed by atoms with Gasteiger partial charge in [0.2, 0.25) is 0 Å². The van der Waals surface area contributed by atoms with Crippen molar-refractivity contribution in [3.63, 3.8) is 0 Å². The molecule has 26 heavy (non-hydrogen) atoms. The molecule has 0 aliphatic carbocycles. The van der Waals surface area contributed by atoms with E-state index in [0.717, 1.165) is 12.0 Å². The topological polar surface area (TPSA) is 0 Å². The molecular weight excluding hydrogens is 312 g/mol. The molecule has 0 N–H and O–H groups in total. The van der Waals surface area contributed by atoms with Gasteiger partial charge in [0.15, 0.2) is 0 Å². The SMILES string of the molecule is CCCCCCc1cccc(-c2ccccc2)c1C#Cc1ccccc1. The molecule has 0 nitrogen and oxygen atoms in total. The summed E-state index contributed by atoms with van der Waals surface area (Å²) in [5, 5.41) is 0. The van der Waals surface area contributed by atoms with Crippen LogP contribution in [0.3, 0.4) is 0 Å². The molecule has 130 valence electrons. The summed E-state index contributed by atoms with van der Waals surface area (Å²) < 4.78 is 0. The van der Waals surface area contributed by atoms with Gasteiger partial charge >= 0.3 is 0 Å². The lowest BCUT2D eigenvalue weighted by Gasteiger charge is -2.11. The monoisotopic (exact) mass is 338 g/mol. The van der Waals surface area contributed by atoms with Crippen LogP contribution >= 0.6 is 0 Å². The Morgan fingerprint density at radius 3 is 2.12 bits per heavy atom. The Balaban J connectivity index is 1.98. The maximum absolute atomic E-state index is 3.49. The molecule has 0 aliphatic heterocycles. The van der Waals surface area contributed by atoms with E-state index in [1.54, 1.807) is 0 Å². The molecule has 0 heteroatoms. The largest absolute Gasteiger partial charge is 0.0654 e. The van der Waals surface area contributed by atoms with E-state index in [-0.39, 0.29) is 0 Å².